The van der Waals surface area contributed by atoms with Crippen molar-refractivity contribution in [3.63, 3.8) is 0 Å². The lowest BCUT2D eigenvalue weighted by atomic mass is 10.2. The highest BCUT2D eigenvalue weighted by Crippen LogP contribution is 2.36. The van der Waals surface area contributed by atoms with E-state index in [1.165, 1.54) is 0 Å². The predicted molar refractivity (Wildman–Crippen MR) is 115 cm³/mol. The van der Waals surface area contributed by atoms with Gasteiger partial charge in [0.1, 0.15) is 19.5 Å². The van der Waals surface area contributed by atoms with Gasteiger partial charge in [0.25, 0.3) is 5.91 Å². The van der Waals surface area contributed by atoms with Gasteiger partial charge in [-0.3, -0.25) is 25.8 Å². The maximum atomic E-state index is 12.3. The van der Waals surface area contributed by atoms with Crippen LogP contribution >= 0.6 is 15.9 Å². The van der Waals surface area contributed by atoms with Crippen molar-refractivity contribution in [1.29, 1.82) is 0 Å². The van der Waals surface area contributed by atoms with Gasteiger partial charge in [-0.25, -0.2) is 9.97 Å². The van der Waals surface area contributed by atoms with Crippen molar-refractivity contribution in [3.05, 3.63) is 68.9 Å². The minimum absolute atomic E-state index is 0.0583. The Morgan fingerprint density at radius 3 is 2.48 bits per heavy atom. The molecule has 0 saturated heterocycles. The first kappa shape index (κ1) is 20.3. The number of nitro groups is 1. The number of carbonyl (C=O) groups excluding carboxylic acids is 1. The first-order valence-electron chi connectivity index (χ1n) is 8.99. The molecule has 3 N–H and O–H groups in total. The molecule has 3 aromatic rings. The standard InChI is InChI=1S/C19H15BrN6O5/c20-12-3-1-11(2-4-12)19(27)25-24-18-16(26(28)29)17(21-10-22-18)23-13-5-6-14-15(9-13)31-8-7-30-14/h1-6,9-10H,7-8H2,(H,25,27)(H2,21,22,23,24). The molecule has 0 aliphatic carbocycles. The average molecular weight is 487 g/mol. The van der Waals surface area contributed by atoms with E-state index in [-0.39, 0.29) is 11.6 Å². The van der Waals surface area contributed by atoms with Crippen LogP contribution in [0, 0.1) is 10.1 Å². The van der Waals surface area contributed by atoms with Crippen LogP contribution < -0.4 is 25.6 Å². The summed E-state index contributed by atoms with van der Waals surface area (Å²) in [6.45, 7) is 0.869. The van der Waals surface area contributed by atoms with E-state index >= 15 is 0 Å². The van der Waals surface area contributed by atoms with Crippen LogP contribution in [0.15, 0.2) is 53.3 Å². The third-order valence-corrected chi connectivity index (χ3v) is 4.74. The molecule has 0 radical (unpaired) electrons. The third kappa shape index (κ3) is 4.64. The molecule has 0 fully saturated rings. The predicted octanol–water partition coefficient (Wildman–Crippen LogP) is 3.42. The molecule has 0 spiro atoms. The van der Waals surface area contributed by atoms with Crippen molar-refractivity contribution in [3.8, 4) is 11.5 Å². The van der Waals surface area contributed by atoms with E-state index in [0.717, 1.165) is 10.8 Å². The quantitative estimate of drug-likeness (QED) is 0.352. The summed E-state index contributed by atoms with van der Waals surface area (Å²) in [5.74, 6) is 0.393. The van der Waals surface area contributed by atoms with Crippen molar-refractivity contribution in [2.75, 3.05) is 24.0 Å². The second-order valence-electron chi connectivity index (χ2n) is 6.25. The Hall–Kier alpha value is -3.93. The Labute approximate surface area is 184 Å². The zero-order valence-electron chi connectivity index (χ0n) is 15.8. The van der Waals surface area contributed by atoms with Gasteiger partial charge in [-0.2, -0.15) is 0 Å². The number of ether oxygens (including phenoxy) is 2. The number of amides is 1. The lowest BCUT2D eigenvalue weighted by molar-refractivity contribution is -0.383. The maximum Gasteiger partial charge on any atom is 0.355 e. The Kier molecular flexibility index (Phi) is 5.80. The average Bonchev–Trinajstić information content (AvgIpc) is 2.77. The summed E-state index contributed by atoms with van der Waals surface area (Å²) in [6.07, 6.45) is 1.14. The summed E-state index contributed by atoms with van der Waals surface area (Å²) in [5.41, 5.74) is 5.33. The molecular weight excluding hydrogens is 472 g/mol. The number of carbonyl (C=O) groups is 1. The molecule has 158 valence electrons. The van der Waals surface area contributed by atoms with Crippen molar-refractivity contribution in [1.82, 2.24) is 15.4 Å². The van der Waals surface area contributed by atoms with Crippen LogP contribution in [0.5, 0.6) is 11.5 Å². The number of hydrogen-bond acceptors (Lipinski definition) is 9. The van der Waals surface area contributed by atoms with Gasteiger partial charge in [-0.15, -0.1) is 0 Å². The van der Waals surface area contributed by atoms with Crippen molar-refractivity contribution in [2.45, 2.75) is 0 Å². The number of halogens is 1. The van der Waals surface area contributed by atoms with E-state index in [4.69, 9.17) is 9.47 Å². The van der Waals surface area contributed by atoms with E-state index in [9.17, 15) is 14.9 Å². The first-order valence-corrected chi connectivity index (χ1v) is 9.78. The summed E-state index contributed by atoms with van der Waals surface area (Å²) < 4.78 is 11.8. The van der Waals surface area contributed by atoms with Gasteiger partial charge in [0.05, 0.1) is 4.92 Å². The van der Waals surface area contributed by atoms with Crippen LogP contribution in [-0.4, -0.2) is 34.0 Å². The molecule has 11 nitrogen and oxygen atoms in total. The second-order valence-corrected chi connectivity index (χ2v) is 7.16. The van der Waals surface area contributed by atoms with Gasteiger partial charge in [0.2, 0.25) is 11.6 Å². The molecule has 1 aliphatic heterocycles. The van der Waals surface area contributed by atoms with Crippen molar-refractivity contribution >= 4 is 44.8 Å². The number of anilines is 3. The molecule has 31 heavy (non-hydrogen) atoms. The highest BCUT2D eigenvalue weighted by atomic mass is 79.9. The van der Waals surface area contributed by atoms with Crippen LogP contribution in [0.25, 0.3) is 0 Å². The molecule has 0 unspecified atom stereocenters. The first-order chi connectivity index (χ1) is 15.0. The van der Waals surface area contributed by atoms with Crippen LogP contribution in [0.1, 0.15) is 10.4 Å². The van der Waals surface area contributed by atoms with Gasteiger partial charge in [0.15, 0.2) is 11.5 Å². The number of fused-ring (bicyclic) bond motifs is 1. The lowest BCUT2D eigenvalue weighted by Gasteiger charge is -2.19. The summed E-state index contributed by atoms with van der Waals surface area (Å²) in [4.78, 5) is 31.2. The fraction of sp³-hybridized carbons (Fsp3) is 0.105. The van der Waals surface area contributed by atoms with E-state index < -0.39 is 16.5 Å². The lowest BCUT2D eigenvalue weighted by Crippen LogP contribution is -2.30. The highest BCUT2D eigenvalue weighted by Gasteiger charge is 2.24. The van der Waals surface area contributed by atoms with Gasteiger partial charge in [0, 0.05) is 21.8 Å². The van der Waals surface area contributed by atoms with Gasteiger partial charge in [-0.1, -0.05) is 15.9 Å². The topological polar surface area (TPSA) is 141 Å². The molecule has 1 aliphatic rings. The molecule has 0 bridgehead atoms. The van der Waals surface area contributed by atoms with E-state index in [1.807, 2.05) is 0 Å². The number of nitrogens with zero attached hydrogens (tertiary/aromatic N) is 3. The fourth-order valence-corrected chi connectivity index (χ4v) is 3.05. The number of hydrazine groups is 1. The Morgan fingerprint density at radius 2 is 1.74 bits per heavy atom. The van der Waals surface area contributed by atoms with Gasteiger partial charge < -0.3 is 14.8 Å². The van der Waals surface area contributed by atoms with E-state index in [2.05, 4.69) is 42.1 Å². The zero-order valence-corrected chi connectivity index (χ0v) is 17.4. The molecule has 1 aromatic heterocycles. The number of nitrogens with one attached hydrogen (secondary N) is 3. The molecule has 0 atom stereocenters. The fourth-order valence-electron chi connectivity index (χ4n) is 2.78. The largest absolute Gasteiger partial charge is 0.486 e. The molecule has 2 heterocycles. The molecular formula is C19H15BrN6O5. The summed E-state index contributed by atoms with van der Waals surface area (Å²) >= 11 is 3.29. The minimum Gasteiger partial charge on any atom is -0.486 e. The molecule has 0 saturated carbocycles. The van der Waals surface area contributed by atoms with Gasteiger partial charge in [-0.05, 0) is 36.4 Å². The highest BCUT2D eigenvalue weighted by molar-refractivity contribution is 9.10. The van der Waals surface area contributed by atoms with Crippen LogP contribution in [0.3, 0.4) is 0 Å². The second kappa shape index (κ2) is 8.83. The Balaban J connectivity index is 1.54. The summed E-state index contributed by atoms with van der Waals surface area (Å²) in [7, 11) is 0. The molecule has 12 heteroatoms. The number of aromatic nitrogens is 2. The van der Waals surface area contributed by atoms with E-state index in [0.29, 0.717) is 36.0 Å². The Bertz CT molecular complexity index is 1140. The molecule has 4 rings (SSSR count). The number of rotatable bonds is 6. The van der Waals surface area contributed by atoms with Crippen molar-refractivity contribution < 1.29 is 19.2 Å². The molecule has 1 amide bonds. The van der Waals surface area contributed by atoms with Crippen LogP contribution in [-0.2, 0) is 0 Å². The van der Waals surface area contributed by atoms with Crippen molar-refractivity contribution in [2.24, 2.45) is 0 Å². The smallest absolute Gasteiger partial charge is 0.355 e. The summed E-state index contributed by atoms with van der Waals surface area (Å²) in [6, 6.07) is 11.6. The van der Waals surface area contributed by atoms with Crippen LogP contribution in [0.4, 0.5) is 23.0 Å². The summed E-state index contributed by atoms with van der Waals surface area (Å²) in [5, 5.41) is 14.6. The van der Waals surface area contributed by atoms with E-state index in [1.54, 1.807) is 42.5 Å². The third-order valence-electron chi connectivity index (χ3n) is 4.21. The zero-order chi connectivity index (χ0) is 21.8. The minimum atomic E-state index is -0.644. The van der Waals surface area contributed by atoms with Gasteiger partial charge >= 0.3 is 5.69 Å². The monoisotopic (exact) mass is 486 g/mol. The normalized spacial score (nSPS) is 12.0. The van der Waals surface area contributed by atoms with Crippen LogP contribution in [0.2, 0.25) is 0 Å². The number of benzene rings is 2. The number of hydrogen-bond donors (Lipinski definition) is 3. The maximum absolute atomic E-state index is 12.3. The Morgan fingerprint density at radius 1 is 1.03 bits per heavy atom. The molecule has 2 aromatic carbocycles. The SMILES string of the molecule is O=C(NNc1ncnc(Nc2ccc3c(c2)OCCO3)c1[N+](=O)[O-])c1ccc(Br)cc1.